The number of unbranched alkanes of at least 4 members (excludes halogenated alkanes) is 2. The fraction of sp³-hybridized carbons (Fsp3) is 0.600. The van der Waals surface area contributed by atoms with Crippen molar-refractivity contribution in [2.75, 3.05) is 20.3 Å². The van der Waals surface area contributed by atoms with Gasteiger partial charge >= 0.3 is 0 Å². The zero-order valence-corrected chi connectivity index (χ0v) is 11.7. The van der Waals surface area contributed by atoms with Crippen LogP contribution in [0.5, 0.6) is 11.5 Å². The predicted octanol–water partition coefficient (Wildman–Crippen LogP) is 2.37. The van der Waals surface area contributed by atoms with Gasteiger partial charge in [0, 0.05) is 12.2 Å². The summed E-state index contributed by atoms with van der Waals surface area (Å²) in [6.45, 7) is 0.824. The van der Waals surface area contributed by atoms with Gasteiger partial charge in [0.2, 0.25) is 0 Å². The Morgan fingerprint density at radius 2 is 2.15 bits per heavy atom. The Bertz CT molecular complexity index is 421. The minimum atomic E-state index is -0.396. The molecule has 1 aliphatic heterocycles. The highest BCUT2D eigenvalue weighted by molar-refractivity contribution is 5.42. The number of aliphatic hydroxyl groups is 1. The molecule has 1 aromatic carbocycles. The zero-order valence-electron chi connectivity index (χ0n) is 11.7. The molecule has 1 fully saturated rings. The van der Waals surface area contributed by atoms with Crippen molar-refractivity contribution in [3.8, 4) is 11.5 Å². The van der Waals surface area contributed by atoms with Crippen LogP contribution in [0.4, 0.5) is 0 Å². The van der Waals surface area contributed by atoms with Crippen molar-refractivity contribution in [1.29, 1.82) is 0 Å². The van der Waals surface area contributed by atoms with Crippen LogP contribution in [0.15, 0.2) is 18.2 Å². The Balaban J connectivity index is 1.86. The molecule has 1 heterocycles. The average molecular weight is 282 g/mol. The van der Waals surface area contributed by atoms with Crippen molar-refractivity contribution in [2.45, 2.75) is 38.1 Å². The number of methoxy groups -OCH3 is 1. The molecule has 0 radical (unpaired) electrons. The number of hydrogen-bond acceptors (Lipinski definition) is 5. The summed E-state index contributed by atoms with van der Waals surface area (Å²) >= 11 is 0. The van der Waals surface area contributed by atoms with Gasteiger partial charge in [0.1, 0.15) is 0 Å². The molecule has 20 heavy (non-hydrogen) atoms. The second-order valence-electron chi connectivity index (χ2n) is 4.93. The summed E-state index contributed by atoms with van der Waals surface area (Å²) in [5.41, 5.74) is 0.845. The smallest absolute Gasteiger partial charge is 0.184 e. The molecule has 2 atom stereocenters. The van der Waals surface area contributed by atoms with Crippen LogP contribution in [0.25, 0.3) is 0 Å². The van der Waals surface area contributed by atoms with E-state index in [1.54, 1.807) is 18.2 Å². The number of hydrogen-bond donors (Lipinski definition) is 2. The molecular weight excluding hydrogens is 260 g/mol. The fourth-order valence-corrected chi connectivity index (χ4v) is 2.28. The summed E-state index contributed by atoms with van der Waals surface area (Å²) in [4.78, 5) is 0. The fourth-order valence-electron chi connectivity index (χ4n) is 2.28. The Morgan fingerprint density at radius 3 is 2.90 bits per heavy atom. The molecule has 2 rings (SSSR count). The predicted molar refractivity (Wildman–Crippen MR) is 73.8 cm³/mol. The van der Waals surface area contributed by atoms with E-state index < -0.39 is 6.29 Å². The summed E-state index contributed by atoms with van der Waals surface area (Å²) < 4.78 is 16.6. The van der Waals surface area contributed by atoms with Gasteiger partial charge in [-0.2, -0.15) is 0 Å². The lowest BCUT2D eigenvalue weighted by molar-refractivity contribution is -0.0615. The molecule has 0 spiro atoms. The van der Waals surface area contributed by atoms with Gasteiger partial charge in [-0.3, -0.25) is 0 Å². The molecule has 0 amide bonds. The third-order valence-electron chi connectivity index (χ3n) is 3.41. The summed E-state index contributed by atoms with van der Waals surface area (Å²) in [7, 11) is 1.51. The quantitative estimate of drug-likeness (QED) is 0.751. The van der Waals surface area contributed by atoms with E-state index >= 15 is 0 Å². The number of aliphatic hydroxyl groups excluding tert-OH is 1. The van der Waals surface area contributed by atoms with Gasteiger partial charge in [0.15, 0.2) is 17.8 Å². The van der Waals surface area contributed by atoms with Crippen molar-refractivity contribution < 1.29 is 24.4 Å². The zero-order chi connectivity index (χ0) is 14.4. The maximum absolute atomic E-state index is 9.57. The van der Waals surface area contributed by atoms with E-state index in [1.165, 1.54) is 7.11 Å². The van der Waals surface area contributed by atoms with Crippen LogP contribution in [0, 0.1) is 0 Å². The highest BCUT2D eigenvalue weighted by Gasteiger charge is 2.27. The Labute approximate surface area is 119 Å². The van der Waals surface area contributed by atoms with E-state index in [2.05, 4.69) is 0 Å². The van der Waals surface area contributed by atoms with Crippen LogP contribution in [-0.4, -0.2) is 36.6 Å². The molecule has 0 saturated carbocycles. The highest BCUT2D eigenvalue weighted by Crippen LogP contribution is 2.34. The molecule has 1 aromatic rings. The third kappa shape index (κ3) is 3.85. The van der Waals surface area contributed by atoms with Crippen molar-refractivity contribution in [3.63, 3.8) is 0 Å². The van der Waals surface area contributed by atoms with Gasteiger partial charge < -0.3 is 24.4 Å². The van der Waals surface area contributed by atoms with Gasteiger partial charge in [-0.05, 0) is 25.0 Å². The first-order valence-electron chi connectivity index (χ1n) is 6.99. The number of phenols is 1. The lowest BCUT2D eigenvalue weighted by Gasteiger charge is -2.13. The topological polar surface area (TPSA) is 68.2 Å². The number of phenolic OH excluding ortho intramolecular Hbond substituents is 1. The molecular formula is C15H22O5. The van der Waals surface area contributed by atoms with Crippen LogP contribution >= 0.6 is 0 Å². The van der Waals surface area contributed by atoms with Crippen molar-refractivity contribution in [2.24, 2.45) is 0 Å². The Kier molecular flexibility index (Phi) is 5.64. The van der Waals surface area contributed by atoms with E-state index in [-0.39, 0.29) is 18.5 Å². The summed E-state index contributed by atoms with van der Waals surface area (Å²) in [5.74, 6) is 0.524. The molecule has 0 aromatic heterocycles. The normalized spacial score (nSPS) is 22.1. The van der Waals surface area contributed by atoms with Crippen LogP contribution < -0.4 is 4.74 Å². The summed E-state index contributed by atoms with van der Waals surface area (Å²) in [5, 5.41) is 18.3. The SMILES string of the molecule is COc1cc(C2OCC(CCCCCO)O2)ccc1O. The second-order valence-corrected chi connectivity index (χ2v) is 4.93. The van der Waals surface area contributed by atoms with Gasteiger partial charge in [-0.25, -0.2) is 0 Å². The van der Waals surface area contributed by atoms with Crippen molar-refractivity contribution in [3.05, 3.63) is 23.8 Å². The Hall–Kier alpha value is -1.30. The van der Waals surface area contributed by atoms with Crippen LogP contribution in [0.3, 0.4) is 0 Å². The minimum Gasteiger partial charge on any atom is -0.504 e. The largest absolute Gasteiger partial charge is 0.504 e. The molecule has 5 nitrogen and oxygen atoms in total. The van der Waals surface area contributed by atoms with Crippen molar-refractivity contribution in [1.82, 2.24) is 0 Å². The number of rotatable bonds is 7. The van der Waals surface area contributed by atoms with E-state index in [1.807, 2.05) is 0 Å². The maximum Gasteiger partial charge on any atom is 0.184 e. The lowest BCUT2D eigenvalue weighted by atomic mass is 10.1. The van der Waals surface area contributed by atoms with Crippen molar-refractivity contribution >= 4 is 0 Å². The average Bonchev–Trinajstić information content (AvgIpc) is 2.93. The van der Waals surface area contributed by atoms with Gasteiger partial charge in [0.25, 0.3) is 0 Å². The standard InChI is InChI=1S/C15H22O5/c1-18-14-9-11(6-7-13(14)17)15-19-10-12(20-15)5-3-2-4-8-16/h6-7,9,12,15-17H,2-5,8,10H2,1H3. The van der Waals surface area contributed by atoms with E-state index in [9.17, 15) is 5.11 Å². The van der Waals surface area contributed by atoms with Gasteiger partial charge in [-0.15, -0.1) is 0 Å². The number of ether oxygens (including phenoxy) is 3. The van der Waals surface area contributed by atoms with Gasteiger partial charge in [0.05, 0.1) is 19.8 Å². The summed E-state index contributed by atoms with van der Waals surface area (Å²) in [6.07, 6.45) is 3.51. The first-order valence-corrected chi connectivity index (χ1v) is 6.99. The molecule has 0 aliphatic carbocycles. The van der Waals surface area contributed by atoms with E-state index in [4.69, 9.17) is 19.3 Å². The minimum absolute atomic E-state index is 0.0958. The lowest BCUT2D eigenvalue weighted by Crippen LogP contribution is -2.09. The first kappa shape index (κ1) is 15.1. The van der Waals surface area contributed by atoms with Gasteiger partial charge in [-0.1, -0.05) is 18.9 Å². The highest BCUT2D eigenvalue weighted by atomic mass is 16.7. The molecule has 5 heteroatoms. The third-order valence-corrected chi connectivity index (χ3v) is 3.41. The van der Waals surface area contributed by atoms with Crippen LogP contribution in [0.2, 0.25) is 0 Å². The maximum atomic E-state index is 9.57. The molecule has 1 aliphatic rings. The number of aromatic hydroxyl groups is 1. The first-order chi connectivity index (χ1) is 9.74. The molecule has 1 saturated heterocycles. The molecule has 0 bridgehead atoms. The molecule has 2 N–H and O–H groups in total. The summed E-state index contributed by atoms with van der Waals surface area (Å²) in [6, 6.07) is 5.08. The second kappa shape index (κ2) is 7.47. The molecule has 2 unspecified atom stereocenters. The monoisotopic (exact) mass is 282 g/mol. The Morgan fingerprint density at radius 1 is 1.30 bits per heavy atom. The van der Waals surface area contributed by atoms with Crippen LogP contribution in [-0.2, 0) is 9.47 Å². The molecule has 112 valence electrons. The van der Waals surface area contributed by atoms with Crippen LogP contribution in [0.1, 0.15) is 37.5 Å². The number of benzene rings is 1. The van der Waals surface area contributed by atoms with E-state index in [0.29, 0.717) is 12.4 Å². The van der Waals surface area contributed by atoms with E-state index in [0.717, 1.165) is 31.2 Å².